The van der Waals surface area contributed by atoms with Gasteiger partial charge in [-0.05, 0) is 29.8 Å². The zero-order chi connectivity index (χ0) is 22.3. The summed E-state index contributed by atoms with van der Waals surface area (Å²) < 4.78 is 30.0. The lowest BCUT2D eigenvalue weighted by atomic mass is 10.2. The molecule has 2 aromatic carbocycles. The minimum Gasteiger partial charge on any atom is -0.484 e. The normalized spacial score (nSPS) is 15.2. The second-order valence-electron chi connectivity index (χ2n) is 7.51. The van der Waals surface area contributed by atoms with Crippen LogP contribution in [-0.4, -0.2) is 76.8 Å². The van der Waals surface area contributed by atoms with Crippen LogP contribution in [0.3, 0.4) is 0 Å². The number of sulfonamides is 1. The van der Waals surface area contributed by atoms with E-state index < -0.39 is 10.0 Å². The number of benzene rings is 2. The van der Waals surface area contributed by atoms with E-state index in [2.05, 4.69) is 29.2 Å². The van der Waals surface area contributed by atoms with Gasteiger partial charge in [-0.2, -0.15) is 0 Å². The van der Waals surface area contributed by atoms with E-state index in [0.29, 0.717) is 24.5 Å². The Kier molecular flexibility index (Phi) is 7.70. The molecule has 1 fully saturated rings. The SMILES string of the molecule is CN(c1ccc(OCC(=O)N2CCN(C/C=C/c3ccccc3)CC2)cc1)S(C)(=O)=O. The lowest BCUT2D eigenvalue weighted by Crippen LogP contribution is -2.49. The number of rotatable bonds is 8. The van der Waals surface area contributed by atoms with Gasteiger partial charge in [-0.1, -0.05) is 42.5 Å². The number of hydrogen-bond donors (Lipinski definition) is 0. The highest BCUT2D eigenvalue weighted by atomic mass is 32.2. The summed E-state index contributed by atoms with van der Waals surface area (Å²) in [6, 6.07) is 16.8. The fourth-order valence-corrected chi connectivity index (χ4v) is 3.77. The van der Waals surface area contributed by atoms with Gasteiger partial charge in [0.15, 0.2) is 6.61 Å². The van der Waals surface area contributed by atoms with Crippen LogP contribution in [0.4, 0.5) is 5.69 Å². The molecule has 1 aliphatic heterocycles. The van der Waals surface area contributed by atoms with E-state index in [0.717, 1.165) is 25.9 Å². The maximum atomic E-state index is 12.5. The van der Waals surface area contributed by atoms with Gasteiger partial charge in [0, 0.05) is 39.8 Å². The molecule has 166 valence electrons. The Morgan fingerprint density at radius 1 is 1.03 bits per heavy atom. The molecule has 3 rings (SSSR count). The van der Waals surface area contributed by atoms with Crippen LogP contribution in [-0.2, 0) is 14.8 Å². The summed E-state index contributed by atoms with van der Waals surface area (Å²) >= 11 is 0. The van der Waals surface area contributed by atoms with Crippen molar-refractivity contribution < 1.29 is 17.9 Å². The van der Waals surface area contributed by atoms with Crippen molar-refractivity contribution in [3.8, 4) is 5.75 Å². The van der Waals surface area contributed by atoms with E-state index in [1.165, 1.54) is 16.9 Å². The van der Waals surface area contributed by atoms with Crippen LogP contribution in [0, 0.1) is 0 Å². The Morgan fingerprint density at radius 2 is 1.68 bits per heavy atom. The van der Waals surface area contributed by atoms with Gasteiger partial charge in [-0.3, -0.25) is 14.0 Å². The summed E-state index contributed by atoms with van der Waals surface area (Å²) in [6.45, 7) is 3.85. The molecule has 2 aromatic rings. The molecule has 31 heavy (non-hydrogen) atoms. The molecule has 0 spiro atoms. The first-order valence-corrected chi connectivity index (χ1v) is 12.1. The fraction of sp³-hybridized carbons (Fsp3) is 0.348. The Morgan fingerprint density at radius 3 is 2.29 bits per heavy atom. The third kappa shape index (κ3) is 6.83. The van der Waals surface area contributed by atoms with Crippen LogP contribution in [0.2, 0.25) is 0 Å². The Labute approximate surface area is 184 Å². The van der Waals surface area contributed by atoms with E-state index in [4.69, 9.17) is 4.74 Å². The number of carbonyl (C=O) groups excluding carboxylic acids is 1. The third-order valence-electron chi connectivity index (χ3n) is 5.26. The number of amides is 1. The monoisotopic (exact) mass is 443 g/mol. The molecule has 1 aliphatic rings. The van der Waals surface area contributed by atoms with Crippen LogP contribution >= 0.6 is 0 Å². The van der Waals surface area contributed by atoms with Gasteiger partial charge in [0.2, 0.25) is 10.0 Å². The van der Waals surface area contributed by atoms with Crippen LogP contribution in [0.25, 0.3) is 6.08 Å². The molecule has 0 atom stereocenters. The molecular weight excluding hydrogens is 414 g/mol. The number of anilines is 1. The second kappa shape index (κ2) is 10.5. The van der Waals surface area contributed by atoms with Crippen molar-refractivity contribution in [1.29, 1.82) is 0 Å². The van der Waals surface area contributed by atoms with Crippen LogP contribution in [0.1, 0.15) is 5.56 Å². The first-order valence-electron chi connectivity index (χ1n) is 10.2. The fourth-order valence-electron chi connectivity index (χ4n) is 3.26. The lowest BCUT2D eigenvalue weighted by molar-refractivity contribution is -0.135. The number of hydrogen-bond acceptors (Lipinski definition) is 5. The molecule has 8 heteroatoms. The van der Waals surface area contributed by atoms with E-state index >= 15 is 0 Å². The number of carbonyl (C=O) groups is 1. The second-order valence-corrected chi connectivity index (χ2v) is 9.52. The molecular formula is C23H29N3O4S. The zero-order valence-electron chi connectivity index (χ0n) is 18.0. The van der Waals surface area contributed by atoms with Crippen LogP contribution in [0.5, 0.6) is 5.75 Å². The van der Waals surface area contributed by atoms with Gasteiger partial charge in [-0.25, -0.2) is 8.42 Å². The first kappa shape index (κ1) is 22.8. The predicted octanol–water partition coefficient (Wildman–Crippen LogP) is 2.32. The molecule has 7 nitrogen and oxygen atoms in total. The van der Waals surface area contributed by atoms with E-state index in [9.17, 15) is 13.2 Å². The summed E-state index contributed by atoms with van der Waals surface area (Å²) in [4.78, 5) is 16.6. The summed E-state index contributed by atoms with van der Waals surface area (Å²) in [5.41, 5.74) is 1.73. The van der Waals surface area contributed by atoms with E-state index in [1.807, 2.05) is 23.1 Å². The molecule has 0 aliphatic carbocycles. The molecule has 0 bridgehead atoms. The highest BCUT2D eigenvalue weighted by Crippen LogP contribution is 2.20. The van der Waals surface area contributed by atoms with Crippen molar-refractivity contribution >= 4 is 27.7 Å². The van der Waals surface area contributed by atoms with Gasteiger partial charge in [0.25, 0.3) is 5.91 Å². The van der Waals surface area contributed by atoms with Gasteiger partial charge >= 0.3 is 0 Å². The van der Waals surface area contributed by atoms with Crippen molar-refractivity contribution in [2.45, 2.75) is 0 Å². The molecule has 0 saturated carbocycles. The smallest absolute Gasteiger partial charge is 0.260 e. The van der Waals surface area contributed by atoms with Crippen molar-refractivity contribution in [2.24, 2.45) is 0 Å². The summed E-state index contributed by atoms with van der Waals surface area (Å²) in [6.07, 6.45) is 5.42. The maximum Gasteiger partial charge on any atom is 0.260 e. The molecule has 0 aromatic heterocycles. The number of piperazine rings is 1. The molecule has 0 N–H and O–H groups in total. The molecule has 1 amide bonds. The van der Waals surface area contributed by atoms with Crippen molar-refractivity contribution in [2.75, 3.05) is 56.9 Å². The highest BCUT2D eigenvalue weighted by Gasteiger charge is 2.20. The van der Waals surface area contributed by atoms with Gasteiger partial charge in [0.1, 0.15) is 5.75 Å². The minimum absolute atomic E-state index is 0.0326. The minimum atomic E-state index is -3.31. The van der Waals surface area contributed by atoms with Crippen molar-refractivity contribution in [3.63, 3.8) is 0 Å². The van der Waals surface area contributed by atoms with Gasteiger partial charge < -0.3 is 9.64 Å². The van der Waals surface area contributed by atoms with Crippen molar-refractivity contribution in [1.82, 2.24) is 9.80 Å². The molecule has 0 unspecified atom stereocenters. The third-order valence-corrected chi connectivity index (χ3v) is 6.46. The molecule has 1 saturated heterocycles. The quantitative estimate of drug-likeness (QED) is 0.626. The largest absolute Gasteiger partial charge is 0.484 e. The maximum absolute atomic E-state index is 12.5. The summed E-state index contributed by atoms with van der Waals surface area (Å²) in [5, 5.41) is 0. The van der Waals surface area contributed by atoms with Gasteiger partial charge in [-0.15, -0.1) is 0 Å². The standard InChI is InChI=1S/C23H29N3O4S/c1-24(31(2,28)29)21-10-12-22(13-11-21)30-19-23(27)26-17-15-25(16-18-26)14-6-9-20-7-4-3-5-8-20/h3-13H,14-19H2,1-2H3/b9-6+. The number of ether oxygens (including phenoxy) is 1. The molecule has 1 heterocycles. The Bertz CT molecular complexity index is 983. The topological polar surface area (TPSA) is 70.2 Å². The predicted molar refractivity (Wildman–Crippen MR) is 124 cm³/mol. The highest BCUT2D eigenvalue weighted by molar-refractivity contribution is 7.92. The van der Waals surface area contributed by atoms with Crippen LogP contribution in [0.15, 0.2) is 60.7 Å². The lowest BCUT2D eigenvalue weighted by Gasteiger charge is -2.34. The number of nitrogens with zero attached hydrogens (tertiary/aromatic N) is 3. The summed E-state index contributed by atoms with van der Waals surface area (Å²) in [5.74, 6) is 0.487. The van der Waals surface area contributed by atoms with E-state index in [-0.39, 0.29) is 12.5 Å². The Hall–Kier alpha value is -2.84. The zero-order valence-corrected chi connectivity index (χ0v) is 18.8. The van der Waals surface area contributed by atoms with Crippen LogP contribution < -0.4 is 9.04 Å². The average Bonchev–Trinajstić information content (AvgIpc) is 2.78. The average molecular weight is 444 g/mol. The van der Waals surface area contributed by atoms with Crippen molar-refractivity contribution in [3.05, 3.63) is 66.2 Å². The summed E-state index contributed by atoms with van der Waals surface area (Å²) in [7, 11) is -1.82. The molecule has 0 radical (unpaired) electrons. The van der Waals surface area contributed by atoms with E-state index in [1.54, 1.807) is 24.3 Å². The van der Waals surface area contributed by atoms with Gasteiger partial charge in [0.05, 0.1) is 11.9 Å². The first-order chi connectivity index (χ1) is 14.8. The Balaban J connectivity index is 1.40.